The lowest BCUT2D eigenvalue weighted by Crippen LogP contribution is -2.26. The summed E-state index contributed by atoms with van der Waals surface area (Å²) in [5.74, 6) is 0. The molecule has 0 bridgehead atoms. The Morgan fingerprint density at radius 2 is 1.78 bits per heavy atom. The first kappa shape index (κ1) is 19.6. The van der Waals surface area contributed by atoms with Gasteiger partial charge in [-0.05, 0) is 83.5 Å². The minimum Gasteiger partial charge on any atom is -0.333 e. The number of anilines is 2. The molecule has 1 atom stereocenters. The molecule has 2 aliphatic carbocycles. The zero-order valence-corrected chi connectivity index (χ0v) is 19.4. The molecule has 2 heteroatoms. The first-order chi connectivity index (χ1) is 15.8. The summed E-state index contributed by atoms with van der Waals surface area (Å²) in [7, 11) is 0. The lowest BCUT2D eigenvalue weighted by atomic mass is 9.88. The van der Waals surface area contributed by atoms with Crippen LogP contribution in [0.1, 0.15) is 36.0 Å². The predicted molar refractivity (Wildman–Crippen MR) is 140 cm³/mol. The van der Waals surface area contributed by atoms with Gasteiger partial charge in [0.1, 0.15) is 0 Å². The second-order valence-electron chi connectivity index (χ2n) is 8.62. The van der Waals surface area contributed by atoms with Crippen LogP contribution in [0.3, 0.4) is 0 Å². The number of hydrogen-bond acceptors (Lipinski definition) is 1. The number of rotatable bonds is 3. The lowest BCUT2D eigenvalue weighted by molar-refractivity contribution is 0.829. The highest BCUT2D eigenvalue weighted by atomic mass is 79.9. The fourth-order valence-electron chi connectivity index (χ4n) is 5.18. The van der Waals surface area contributed by atoms with Gasteiger partial charge in [0.2, 0.25) is 0 Å². The molecule has 1 aliphatic heterocycles. The van der Waals surface area contributed by atoms with Crippen molar-refractivity contribution in [3.05, 3.63) is 124 Å². The highest BCUT2D eigenvalue weighted by Gasteiger charge is 2.35. The molecule has 0 saturated heterocycles. The lowest BCUT2D eigenvalue weighted by Gasteiger charge is -2.28. The van der Waals surface area contributed by atoms with Crippen LogP contribution in [0, 0.1) is 0 Å². The molecule has 32 heavy (non-hydrogen) atoms. The van der Waals surface area contributed by atoms with Gasteiger partial charge in [0, 0.05) is 21.4 Å². The van der Waals surface area contributed by atoms with E-state index in [2.05, 4.69) is 124 Å². The predicted octanol–water partition coefficient (Wildman–Crippen LogP) is 8.57. The van der Waals surface area contributed by atoms with Crippen molar-refractivity contribution in [3.63, 3.8) is 0 Å². The average Bonchev–Trinajstić information content (AvgIpc) is 3.18. The number of allylic oxidation sites excluding steroid dienone is 6. The van der Waals surface area contributed by atoms with E-state index in [1.807, 2.05) is 0 Å². The second-order valence-corrected chi connectivity index (χ2v) is 9.53. The fraction of sp³-hybridized carbons (Fsp3) is 0.133. The molecule has 6 rings (SSSR count). The van der Waals surface area contributed by atoms with Gasteiger partial charge in [-0.15, -0.1) is 0 Å². The van der Waals surface area contributed by atoms with Crippen LogP contribution in [0.2, 0.25) is 0 Å². The summed E-state index contributed by atoms with van der Waals surface area (Å²) in [6.07, 6.45) is 14.8. The van der Waals surface area contributed by atoms with Crippen molar-refractivity contribution >= 4 is 44.0 Å². The van der Waals surface area contributed by atoms with E-state index in [-0.39, 0.29) is 0 Å². The maximum Gasteiger partial charge on any atom is 0.0632 e. The van der Waals surface area contributed by atoms with Crippen LogP contribution < -0.4 is 4.90 Å². The third kappa shape index (κ3) is 3.40. The third-order valence-electron chi connectivity index (χ3n) is 6.68. The molecule has 3 aromatic rings. The zero-order valence-electron chi connectivity index (χ0n) is 17.8. The van der Waals surface area contributed by atoms with E-state index in [1.54, 1.807) is 0 Å². The maximum absolute atomic E-state index is 3.62. The molecular formula is C30H24BrN. The van der Waals surface area contributed by atoms with Crippen LogP contribution in [-0.2, 0) is 0 Å². The first-order valence-electron chi connectivity index (χ1n) is 11.3. The Kier molecular flexibility index (Phi) is 4.96. The number of fused-ring (bicyclic) bond motifs is 3. The Morgan fingerprint density at radius 3 is 2.66 bits per heavy atom. The minimum absolute atomic E-state index is 0.380. The van der Waals surface area contributed by atoms with Gasteiger partial charge in [-0.2, -0.15) is 0 Å². The molecule has 3 aliphatic rings. The van der Waals surface area contributed by atoms with E-state index in [0.717, 1.165) is 23.7 Å². The van der Waals surface area contributed by atoms with E-state index in [1.165, 1.54) is 44.8 Å². The molecule has 1 nitrogen and oxygen atoms in total. The summed E-state index contributed by atoms with van der Waals surface area (Å²) in [6.45, 7) is 0. The first-order valence-corrected chi connectivity index (χ1v) is 12.1. The highest BCUT2D eigenvalue weighted by Crippen LogP contribution is 2.48. The Balaban J connectivity index is 1.42. The van der Waals surface area contributed by atoms with E-state index < -0.39 is 0 Å². The van der Waals surface area contributed by atoms with Crippen molar-refractivity contribution in [2.24, 2.45) is 0 Å². The molecule has 1 unspecified atom stereocenters. The Morgan fingerprint density at radius 1 is 0.875 bits per heavy atom. The van der Waals surface area contributed by atoms with Crippen LogP contribution >= 0.6 is 15.9 Å². The Labute approximate surface area is 198 Å². The number of hydrogen-bond donors (Lipinski definition) is 0. The van der Waals surface area contributed by atoms with E-state index in [9.17, 15) is 0 Å². The van der Waals surface area contributed by atoms with Crippen molar-refractivity contribution in [1.82, 2.24) is 0 Å². The van der Waals surface area contributed by atoms with Gasteiger partial charge in [0.25, 0.3) is 0 Å². The maximum atomic E-state index is 3.62. The molecule has 0 saturated carbocycles. The molecule has 0 radical (unpaired) electrons. The van der Waals surface area contributed by atoms with Crippen LogP contribution in [0.25, 0.3) is 16.7 Å². The van der Waals surface area contributed by atoms with Gasteiger partial charge in [0.15, 0.2) is 0 Å². The molecule has 3 aromatic carbocycles. The average molecular weight is 478 g/mol. The molecule has 0 aromatic heterocycles. The van der Waals surface area contributed by atoms with Gasteiger partial charge in [-0.1, -0.05) is 82.7 Å². The number of benzene rings is 3. The zero-order chi connectivity index (χ0) is 21.5. The number of para-hydroxylation sites is 1. The third-order valence-corrected chi connectivity index (χ3v) is 7.17. The molecule has 0 spiro atoms. The molecular weight excluding hydrogens is 454 g/mol. The molecule has 0 amide bonds. The largest absolute Gasteiger partial charge is 0.333 e. The van der Waals surface area contributed by atoms with Gasteiger partial charge in [-0.3, -0.25) is 0 Å². The van der Waals surface area contributed by atoms with Gasteiger partial charge >= 0.3 is 0 Å². The molecule has 0 fully saturated rings. The monoisotopic (exact) mass is 477 g/mol. The quantitative estimate of drug-likeness (QED) is 0.364. The van der Waals surface area contributed by atoms with Crippen molar-refractivity contribution in [2.75, 3.05) is 4.90 Å². The highest BCUT2D eigenvalue weighted by molar-refractivity contribution is 9.10. The standard InChI is InChI=1S/C30H24BrN/c31-25-11-7-10-23(19-25)21-8-6-9-22(18-21)24-16-17-30-28(20-24)27-14-4-5-15-29(27)32(30)26-12-2-1-3-13-26/h1-5,7-8,10-14,16-20,29H,6,9,15H2. The van der Waals surface area contributed by atoms with Crippen LogP contribution in [0.15, 0.2) is 108 Å². The van der Waals surface area contributed by atoms with E-state index >= 15 is 0 Å². The van der Waals surface area contributed by atoms with Crippen LogP contribution in [0.4, 0.5) is 11.4 Å². The normalized spacial score (nSPS) is 19.1. The Hall–Kier alpha value is -3.10. The Bertz CT molecular complexity index is 1310. The van der Waals surface area contributed by atoms with Gasteiger partial charge in [-0.25, -0.2) is 0 Å². The number of halogens is 1. The van der Waals surface area contributed by atoms with Crippen molar-refractivity contribution in [1.29, 1.82) is 0 Å². The summed E-state index contributed by atoms with van der Waals surface area (Å²) in [6, 6.07) is 26.8. The summed E-state index contributed by atoms with van der Waals surface area (Å²) >= 11 is 3.62. The smallest absolute Gasteiger partial charge is 0.0632 e. The summed E-state index contributed by atoms with van der Waals surface area (Å²) < 4.78 is 1.12. The van der Waals surface area contributed by atoms with Gasteiger partial charge in [0.05, 0.1) is 6.04 Å². The van der Waals surface area contributed by atoms with E-state index in [0.29, 0.717) is 6.04 Å². The van der Waals surface area contributed by atoms with Crippen LogP contribution in [0.5, 0.6) is 0 Å². The van der Waals surface area contributed by atoms with Crippen molar-refractivity contribution < 1.29 is 0 Å². The van der Waals surface area contributed by atoms with Crippen molar-refractivity contribution in [2.45, 2.75) is 25.3 Å². The van der Waals surface area contributed by atoms with Gasteiger partial charge < -0.3 is 4.90 Å². The summed E-state index contributed by atoms with van der Waals surface area (Å²) in [4.78, 5) is 2.51. The van der Waals surface area contributed by atoms with E-state index in [4.69, 9.17) is 0 Å². The fourth-order valence-corrected chi connectivity index (χ4v) is 5.58. The second kappa shape index (κ2) is 8.11. The minimum atomic E-state index is 0.380. The van der Waals surface area contributed by atoms with Crippen molar-refractivity contribution in [3.8, 4) is 0 Å². The molecule has 0 N–H and O–H groups in total. The molecule has 1 heterocycles. The number of nitrogens with zero attached hydrogens (tertiary/aromatic N) is 1. The summed E-state index contributed by atoms with van der Waals surface area (Å²) in [5.41, 5.74) is 10.7. The SMILES string of the molecule is Brc1cccc(C2=CCCC(c3ccc4c(c3)C3=CC=CCC3N4c3ccccc3)=C2)c1. The van der Waals surface area contributed by atoms with Crippen LogP contribution in [-0.4, -0.2) is 6.04 Å². The summed E-state index contributed by atoms with van der Waals surface area (Å²) in [5, 5.41) is 0. The molecule has 156 valence electrons. The topological polar surface area (TPSA) is 3.24 Å².